The Balaban J connectivity index is 2.99. The van der Waals surface area contributed by atoms with Gasteiger partial charge in [0.1, 0.15) is 0 Å². The molecule has 1 atom stereocenters. The van der Waals surface area contributed by atoms with E-state index in [0.29, 0.717) is 6.04 Å². The highest BCUT2D eigenvalue weighted by atomic mass is 14.9. The molecule has 1 nitrogen and oxygen atoms in total. The molecule has 0 radical (unpaired) electrons. The van der Waals surface area contributed by atoms with Gasteiger partial charge in [-0.25, -0.2) is 0 Å². The third kappa shape index (κ3) is 4.34. The van der Waals surface area contributed by atoms with E-state index in [1.54, 1.807) is 0 Å². The topological polar surface area (TPSA) is 12.0 Å². The van der Waals surface area contributed by atoms with Gasteiger partial charge in [0.15, 0.2) is 0 Å². The first-order valence-electron chi connectivity index (χ1n) is 8.06. The fourth-order valence-corrected chi connectivity index (χ4v) is 2.54. The number of hydrogen-bond acceptors (Lipinski definition) is 1. The zero-order valence-electron chi connectivity index (χ0n) is 14.5. The van der Waals surface area contributed by atoms with Crippen LogP contribution in [0.1, 0.15) is 78.5 Å². The summed E-state index contributed by atoms with van der Waals surface area (Å²) in [7, 11) is 0. The summed E-state index contributed by atoms with van der Waals surface area (Å²) in [6, 6.07) is 9.66. The minimum Gasteiger partial charge on any atom is -0.309 e. The third-order valence-electron chi connectivity index (χ3n) is 4.37. The molecule has 114 valence electrons. The smallest absolute Gasteiger partial charge is 0.0369 e. The van der Waals surface area contributed by atoms with Gasteiger partial charge >= 0.3 is 0 Å². The van der Waals surface area contributed by atoms with E-state index in [0.717, 1.165) is 6.54 Å². The Labute approximate surface area is 126 Å². The van der Waals surface area contributed by atoms with Crippen molar-refractivity contribution in [1.82, 2.24) is 5.32 Å². The van der Waals surface area contributed by atoms with Crippen LogP contribution in [-0.2, 0) is 5.41 Å². The summed E-state index contributed by atoms with van der Waals surface area (Å²) in [6.45, 7) is 17.1. The molecule has 0 aliphatic heterocycles. The molecule has 20 heavy (non-hydrogen) atoms. The van der Waals surface area contributed by atoms with Crippen molar-refractivity contribution in [3.8, 4) is 0 Å². The zero-order valence-corrected chi connectivity index (χ0v) is 14.5. The van der Waals surface area contributed by atoms with E-state index in [-0.39, 0.29) is 10.8 Å². The zero-order chi connectivity index (χ0) is 15.4. The highest BCUT2D eigenvalue weighted by molar-refractivity contribution is 5.30. The van der Waals surface area contributed by atoms with Crippen LogP contribution in [0.3, 0.4) is 0 Å². The molecule has 0 saturated carbocycles. The number of hydrogen-bond donors (Lipinski definition) is 1. The van der Waals surface area contributed by atoms with E-state index in [9.17, 15) is 0 Å². The summed E-state index contributed by atoms with van der Waals surface area (Å²) in [5.74, 6) is 0. The Morgan fingerprint density at radius 3 is 1.90 bits per heavy atom. The van der Waals surface area contributed by atoms with E-state index in [1.807, 2.05) is 0 Å². The molecular formula is C19H33N. The summed E-state index contributed by atoms with van der Waals surface area (Å²) in [5, 5.41) is 3.70. The van der Waals surface area contributed by atoms with Crippen molar-refractivity contribution in [2.24, 2.45) is 5.41 Å². The second-order valence-electron chi connectivity index (χ2n) is 7.61. The van der Waals surface area contributed by atoms with Crippen molar-refractivity contribution in [3.63, 3.8) is 0 Å². The lowest BCUT2D eigenvalue weighted by Crippen LogP contribution is -2.32. The largest absolute Gasteiger partial charge is 0.309 e. The SMILES string of the molecule is CCCNC(c1ccc(C(C)(C)CC)cc1)C(C)(C)C. The van der Waals surface area contributed by atoms with Crippen LogP contribution in [0.15, 0.2) is 24.3 Å². The summed E-state index contributed by atoms with van der Waals surface area (Å²) >= 11 is 0. The molecule has 1 N–H and O–H groups in total. The van der Waals surface area contributed by atoms with E-state index < -0.39 is 0 Å². The molecule has 0 fully saturated rings. The molecule has 0 aliphatic carbocycles. The highest BCUT2D eigenvalue weighted by Gasteiger charge is 2.26. The number of rotatable bonds is 6. The minimum absolute atomic E-state index is 0.233. The Hall–Kier alpha value is -0.820. The fourth-order valence-electron chi connectivity index (χ4n) is 2.54. The van der Waals surface area contributed by atoms with Crippen molar-refractivity contribution in [3.05, 3.63) is 35.4 Å². The molecule has 0 heterocycles. The quantitative estimate of drug-likeness (QED) is 0.726. The van der Waals surface area contributed by atoms with Crippen LogP contribution >= 0.6 is 0 Å². The normalized spacial score (nSPS) is 14.3. The highest BCUT2D eigenvalue weighted by Crippen LogP contribution is 2.34. The molecule has 0 aliphatic rings. The summed E-state index contributed by atoms with van der Waals surface area (Å²) in [5.41, 5.74) is 3.34. The standard InChI is InChI=1S/C19H33N/c1-8-14-20-17(18(3,4)5)15-10-12-16(13-11-15)19(6,7)9-2/h10-13,17,20H,8-9,14H2,1-7H3. The average Bonchev–Trinajstić information content (AvgIpc) is 2.38. The van der Waals surface area contributed by atoms with Gasteiger partial charge in [-0.15, -0.1) is 0 Å². The predicted molar refractivity (Wildman–Crippen MR) is 90.2 cm³/mol. The Bertz CT molecular complexity index is 395. The molecular weight excluding hydrogens is 242 g/mol. The van der Waals surface area contributed by atoms with Gasteiger partial charge in [-0.05, 0) is 41.3 Å². The van der Waals surface area contributed by atoms with Crippen LogP contribution in [-0.4, -0.2) is 6.54 Å². The second kappa shape index (κ2) is 6.76. The van der Waals surface area contributed by atoms with Crippen LogP contribution in [0.5, 0.6) is 0 Å². The van der Waals surface area contributed by atoms with Gasteiger partial charge in [0.25, 0.3) is 0 Å². The van der Waals surface area contributed by atoms with Crippen LogP contribution in [0, 0.1) is 5.41 Å². The molecule has 0 bridgehead atoms. The third-order valence-corrected chi connectivity index (χ3v) is 4.37. The second-order valence-corrected chi connectivity index (χ2v) is 7.61. The molecule has 0 saturated heterocycles. The summed E-state index contributed by atoms with van der Waals surface area (Å²) in [6.07, 6.45) is 2.34. The van der Waals surface area contributed by atoms with Crippen molar-refractivity contribution in [1.29, 1.82) is 0 Å². The van der Waals surface area contributed by atoms with E-state index in [1.165, 1.54) is 24.0 Å². The van der Waals surface area contributed by atoms with Gasteiger partial charge in [-0.2, -0.15) is 0 Å². The van der Waals surface area contributed by atoms with Crippen LogP contribution in [0.25, 0.3) is 0 Å². The monoisotopic (exact) mass is 275 g/mol. The first kappa shape index (κ1) is 17.2. The Kier molecular flexibility index (Phi) is 5.82. The van der Waals surface area contributed by atoms with Gasteiger partial charge in [0, 0.05) is 6.04 Å². The molecule has 0 amide bonds. The lowest BCUT2D eigenvalue weighted by Gasteiger charge is -2.33. The minimum atomic E-state index is 0.233. The van der Waals surface area contributed by atoms with Gasteiger partial charge in [-0.1, -0.05) is 72.7 Å². The Morgan fingerprint density at radius 2 is 1.50 bits per heavy atom. The summed E-state index contributed by atoms with van der Waals surface area (Å²) in [4.78, 5) is 0. The lowest BCUT2D eigenvalue weighted by atomic mass is 9.79. The van der Waals surface area contributed by atoms with Gasteiger partial charge in [0.2, 0.25) is 0 Å². The first-order valence-corrected chi connectivity index (χ1v) is 8.06. The lowest BCUT2D eigenvalue weighted by molar-refractivity contribution is 0.273. The van der Waals surface area contributed by atoms with Crippen molar-refractivity contribution in [2.45, 2.75) is 72.8 Å². The molecule has 1 rings (SSSR count). The van der Waals surface area contributed by atoms with Crippen LogP contribution in [0.4, 0.5) is 0 Å². The van der Waals surface area contributed by atoms with E-state index in [2.05, 4.69) is 78.0 Å². The van der Waals surface area contributed by atoms with E-state index in [4.69, 9.17) is 0 Å². The Morgan fingerprint density at radius 1 is 0.950 bits per heavy atom. The van der Waals surface area contributed by atoms with Crippen molar-refractivity contribution in [2.75, 3.05) is 6.54 Å². The molecule has 1 aromatic rings. The molecule has 0 aromatic heterocycles. The van der Waals surface area contributed by atoms with Gasteiger partial charge in [0.05, 0.1) is 0 Å². The number of nitrogens with one attached hydrogen (secondary N) is 1. The maximum atomic E-state index is 3.70. The van der Waals surface area contributed by atoms with Crippen molar-refractivity contribution >= 4 is 0 Å². The first-order chi connectivity index (χ1) is 9.22. The average molecular weight is 275 g/mol. The molecule has 1 unspecified atom stereocenters. The van der Waals surface area contributed by atoms with Crippen LogP contribution < -0.4 is 5.32 Å². The van der Waals surface area contributed by atoms with Crippen LogP contribution in [0.2, 0.25) is 0 Å². The fraction of sp³-hybridized carbons (Fsp3) is 0.684. The van der Waals surface area contributed by atoms with E-state index >= 15 is 0 Å². The molecule has 0 spiro atoms. The predicted octanol–water partition coefficient (Wildman–Crippen LogP) is 5.46. The molecule has 1 aromatic carbocycles. The molecule has 1 heteroatoms. The summed E-state index contributed by atoms with van der Waals surface area (Å²) < 4.78 is 0. The van der Waals surface area contributed by atoms with Gasteiger partial charge in [-0.3, -0.25) is 0 Å². The van der Waals surface area contributed by atoms with Gasteiger partial charge < -0.3 is 5.32 Å². The maximum Gasteiger partial charge on any atom is 0.0369 e. The van der Waals surface area contributed by atoms with Crippen molar-refractivity contribution < 1.29 is 0 Å². The maximum absolute atomic E-state index is 3.70. The number of benzene rings is 1.